The number of halogens is 2. The van der Waals surface area contributed by atoms with Crippen LogP contribution >= 0.6 is 11.6 Å². The van der Waals surface area contributed by atoms with Crippen molar-refractivity contribution in [3.63, 3.8) is 0 Å². The molecule has 0 spiro atoms. The third kappa shape index (κ3) is 6.08. The summed E-state index contributed by atoms with van der Waals surface area (Å²) >= 11 is 5.80. The second-order valence-corrected chi connectivity index (χ2v) is 5.68. The summed E-state index contributed by atoms with van der Waals surface area (Å²) in [5.74, 6) is -1.10. The van der Waals surface area contributed by atoms with E-state index >= 15 is 0 Å². The molecule has 2 rings (SSSR count). The summed E-state index contributed by atoms with van der Waals surface area (Å²) in [5, 5.41) is 0.482. The standard InChI is InChI=1S/C18H17ClFNO4/c1-21(10-13-5-2-3-8-16(13)20)17(22)11-25-18(23)12-24-15-7-4-6-14(19)9-15/h2-9H,10-12H2,1H3. The van der Waals surface area contributed by atoms with Crippen molar-refractivity contribution >= 4 is 23.5 Å². The molecule has 7 heteroatoms. The third-order valence-corrected chi connectivity index (χ3v) is 3.54. The first-order chi connectivity index (χ1) is 12.0. The van der Waals surface area contributed by atoms with Gasteiger partial charge in [-0.2, -0.15) is 0 Å². The van der Waals surface area contributed by atoms with Gasteiger partial charge in [-0.25, -0.2) is 9.18 Å². The number of nitrogens with zero attached hydrogens (tertiary/aromatic N) is 1. The molecular weight excluding hydrogens is 349 g/mol. The molecule has 0 atom stereocenters. The van der Waals surface area contributed by atoms with Gasteiger partial charge < -0.3 is 14.4 Å². The van der Waals surface area contributed by atoms with Crippen molar-refractivity contribution in [2.24, 2.45) is 0 Å². The minimum atomic E-state index is -0.687. The first-order valence-electron chi connectivity index (χ1n) is 7.47. The van der Waals surface area contributed by atoms with Crippen LogP contribution in [-0.2, 0) is 20.9 Å². The van der Waals surface area contributed by atoms with Crippen LogP contribution in [0.3, 0.4) is 0 Å². The van der Waals surface area contributed by atoms with Crippen LogP contribution in [0.15, 0.2) is 48.5 Å². The minimum Gasteiger partial charge on any atom is -0.482 e. The molecule has 0 aliphatic rings. The Balaban J connectivity index is 1.75. The average Bonchev–Trinajstić information content (AvgIpc) is 2.59. The molecule has 0 N–H and O–H groups in total. The summed E-state index contributed by atoms with van der Waals surface area (Å²) in [7, 11) is 1.51. The predicted octanol–water partition coefficient (Wildman–Crippen LogP) is 3.06. The van der Waals surface area contributed by atoms with Crippen molar-refractivity contribution in [2.75, 3.05) is 20.3 Å². The van der Waals surface area contributed by atoms with Gasteiger partial charge in [0.25, 0.3) is 5.91 Å². The number of likely N-dealkylation sites (N-methyl/N-ethyl adjacent to an activating group) is 1. The van der Waals surface area contributed by atoms with Gasteiger partial charge in [0, 0.05) is 24.2 Å². The van der Waals surface area contributed by atoms with Crippen LogP contribution in [-0.4, -0.2) is 37.0 Å². The molecule has 0 aliphatic carbocycles. The lowest BCUT2D eigenvalue weighted by molar-refractivity contribution is -0.153. The molecule has 2 aromatic rings. The first-order valence-corrected chi connectivity index (χ1v) is 7.85. The molecule has 0 heterocycles. The lowest BCUT2D eigenvalue weighted by Crippen LogP contribution is -2.31. The van der Waals surface area contributed by atoms with Crippen LogP contribution in [0.1, 0.15) is 5.56 Å². The number of hydrogen-bond donors (Lipinski definition) is 0. The van der Waals surface area contributed by atoms with E-state index in [-0.39, 0.29) is 13.2 Å². The van der Waals surface area contributed by atoms with Gasteiger partial charge in [0.1, 0.15) is 11.6 Å². The monoisotopic (exact) mass is 365 g/mol. The van der Waals surface area contributed by atoms with Crippen LogP contribution in [0.25, 0.3) is 0 Å². The van der Waals surface area contributed by atoms with E-state index in [1.165, 1.54) is 18.0 Å². The minimum absolute atomic E-state index is 0.0854. The van der Waals surface area contributed by atoms with E-state index in [4.69, 9.17) is 21.1 Å². The van der Waals surface area contributed by atoms with Gasteiger partial charge in [0.05, 0.1) is 0 Å². The van der Waals surface area contributed by atoms with Gasteiger partial charge in [0.15, 0.2) is 13.2 Å². The Morgan fingerprint density at radius 3 is 2.60 bits per heavy atom. The van der Waals surface area contributed by atoms with Crippen molar-refractivity contribution < 1.29 is 23.5 Å². The Bertz CT molecular complexity index is 753. The zero-order valence-electron chi connectivity index (χ0n) is 13.6. The molecule has 2 aromatic carbocycles. The molecule has 0 radical (unpaired) electrons. The fourth-order valence-corrected chi connectivity index (χ4v) is 2.14. The lowest BCUT2D eigenvalue weighted by atomic mass is 10.2. The summed E-state index contributed by atoms with van der Waals surface area (Å²) < 4.78 is 23.7. The van der Waals surface area contributed by atoms with Gasteiger partial charge in [-0.1, -0.05) is 35.9 Å². The molecule has 0 saturated heterocycles. The van der Waals surface area contributed by atoms with Gasteiger partial charge in [-0.05, 0) is 24.3 Å². The summed E-state index contributed by atoms with van der Waals surface area (Å²) in [4.78, 5) is 24.9. The molecule has 0 unspecified atom stereocenters. The van der Waals surface area contributed by atoms with Crippen molar-refractivity contribution in [3.05, 3.63) is 64.9 Å². The fraction of sp³-hybridized carbons (Fsp3) is 0.222. The quantitative estimate of drug-likeness (QED) is 0.708. The highest BCUT2D eigenvalue weighted by Gasteiger charge is 2.14. The first kappa shape index (κ1) is 18.7. The molecule has 25 heavy (non-hydrogen) atoms. The van der Waals surface area contributed by atoms with E-state index in [9.17, 15) is 14.0 Å². The average molecular weight is 366 g/mol. The van der Waals surface area contributed by atoms with E-state index in [0.717, 1.165) is 0 Å². The zero-order chi connectivity index (χ0) is 18.2. The number of benzene rings is 2. The van der Waals surface area contributed by atoms with Gasteiger partial charge in [-0.15, -0.1) is 0 Å². The van der Waals surface area contributed by atoms with Crippen LogP contribution in [0.2, 0.25) is 5.02 Å². The number of hydrogen-bond acceptors (Lipinski definition) is 4. The maximum Gasteiger partial charge on any atom is 0.344 e. The summed E-state index contributed by atoms with van der Waals surface area (Å²) in [6.07, 6.45) is 0. The van der Waals surface area contributed by atoms with Crippen molar-refractivity contribution in [3.8, 4) is 5.75 Å². The second-order valence-electron chi connectivity index (χ2n) is 5.25. The molecule has 1 amide bonds. The number of ether oxygens (including phenoxy) is 2. The highest BCUT2D eigenvalue weighted by atomic mass is 35.5. The summed E-state index contributed by atoms with van der Waals surface area (Å²) in [5.41, 5.74) is 0.383. The molecule has 0 fully saturated rings. The van der Waals surface area contributed by atoms with Crippen LogP contribution in [0.5, 0.6) is 5.75 Å². The highest BCUT2D eigenvalue weighted by Crippen LogP contribution is 2.17. The summed E-state index contributed by atoms with van der Waals surface area (Å²) in [6.45, 7) is -0.699. The highest BCUT2D eigenvalue weighted by molar-refractivity contribution is 6.30. The maximum absolute atomic E-state index is 13.6. The SMILES string of the molecule is CN(Cc1ccccc1F)C(=O)COC(=O)COc1cccc(Cl)c1. The van der Waals surface area contributed by atoms with E-state index in [1.807, 2.05) is 0 Å². The van der Waals surface area contributed by atoms with Crippen LogP contribution in [0, 0.1) is 5.82 Å². The Labute approximate surface area is 149 Å². The van der Waals surface area contributed by atoms with E-state index in [1.54, 1.807) is 42.5 Å². The Morgan fingerprint density at radius 2 is 1.88 bits per heavy atom. The zero-order valence-corrected chi connectivity index (χ0v) is 14.3. The number of carbonyl (C=O) groups excluding carboxylic acids is 2. The smallest absolute Gasteiger partial charge is 0.344 e. The largest absolute Gasteiger partial charge is 0.482 e. The van der Waals surface area contributed by atoms with E-state index < -0.39 is 24.3 Å². The topological polar surface area (TPSA) is 55.8 Å². The fourth-order valence-electron chi connectivity index (χ4n) is 1.96. The maximum atomic E-state index is 13.6. The number of esters is 1. The molecule has 0 aliphatic heterocycles. The van der Waals surface area contributed by atoms with E-state index in [0.29, 0.717) is 16.3 Å². The summed E-state index contributed by atoms with van der Waals surface area (Å²) in [6, 6.07) is 12.7. The Morgan fingerprint density at radius 1 is 1.12 bits per heavy atom. The number of rotatable bonds is 7. The molecule has 132 valence electrons. The predicted molar refractivity (Wildman–Crippen MR) is 90.8 cm³/mol. The second kappa shape index (κ2) is 9.03. The van der Waals surface area contributed by atoms with Gasteiger partial charge >= 0.3 is 5.97 Å². The van der Waals surface area contributed by atoms with Crippen LogP contribution < -0.4 is 4.74 Å². The normalized spacial score (nSPS) is 10.2. The Hall–Kier alpha value is -2.60. The molecule has 0 aromatic heterocycles. The Kier molecular flexibility index (Phi) is 6.77. The van der Waals surface area contributed by atoms with Gasteiger partial charge in [-0.3, -0.25) is 4.79 Å². The van der Waals surface area contributed by atoms with Crippen molar-refractivity contribution in [2.45, 2.75) is 6.54 Å². The molecule has 0 saturated carbocycles. The van der Waals surface area contributed by atoms with Crippen LogP contribution in [0.4, 0.5) is 4.39 Å². The molecule has 5 nitrogen and oxygen atoms in total. The van der Waals surface area contributed by atoms with Gasteiger partial charge in [0.2, 0.25) is 0 Å². The molecule has 0 bridgehead atoms. The number of amides is 1. The lowest BCUT2D eigenvalue weighted by Gasteiger charge is -2.17. The third-order valence-electron chi connectivity index (χ3n) is 3.30. The van der Waals surface area contributed by atoms with Crippen molar-refractivity contribution in [1.82, 2.24) is 4.90 Å². The number of carbonyl (C=O) groups is 2. The van der Waals surface area contributed by atoms with E-state index in [2.05, 4.69) is 0 Å². The van der Waals surface area contributed by atoms with Crippen molar-refractivity contribution in [1.29, 1.82) is 0 Å². The molecular formula is C18H17ClFNO4.